The molecule has 7 heteroatoms. The molecule has 4 aliphatic carbocycles. The van der Waals surface area contributed by atoms with Crippen molar-refractivity contribution in [3.05, 3.63) is 24.3 Å². The molecule has 4 N–H and O–H groups in total. The molecule has 0 radical (unpaired) electrons. The molecule has 1 aromatic rings. The molecule has 4 saturated carbocycles. The molecule has 4 bridgehead atoms. The molecular formula is C23H30N4O2S. The summed E-state index contributed by atoms with van der Waals surface area (Å²) in [7, 11) is 1.64. The van der Waals surface area contributed by atoms with Crippen LogP contribution in [0.4, 0.5) is 0 Å². The summed E-state index contributed by atoms with van der Waals surface area (Å²) in [5.74, 6) is 2.48. The minimum absolute atomic E-state index is 0.128. The number of amides is 1. The molecule has 4 fully saturated rings. The lowest BCUT2D eigenvalue weighted by molar-refractivity contribution is -0.144. The average molecular weight is 427 g/mol. The van der Waals surface area contributed by atoms with Crippen molar-refractivity contribution in [3.63, 3.8) is 0 Å². The number of nitrogens with two attached hydrogens (primary N) is 2. The fourth-order valence-corrected chi connectivity index (χ4v) is 7.13. The van der Waals surface area contributed by atoms with E-state index in [2.05, 4.69) is 6.07 Å². The van der Waals surface area contributed by atoms with E-state index in [1.807, 2.05) is 31.2 Å². The largest absolute Gasteiger partial charge is 0.497 e. The van der Waals surface area contributed by atoms with Crippen LogP contribution in [0.1, 0.15) is 45.4 Å². The maximum Gasteiger partial charge on any atom is 0.223 e. The van der Waals surface area contributed by atoms with Crippen LogP contribution in [-0.4, -0.2) is 29.6 Å². The number of primary amides is 1. The first-order valence-corrected chi connectivity index (χ1v) is 11.4. The van der Waals surface area contributed by atoms with Gasteiger partial charge in [0.15, 0.2) is 0 Å². The van der Waals surface area contributed by atoms with Gasteiger partial charge in [0.2, 0.25) is 5.91 Å². The Bertz CT molecular complexity index is 877. The summed E-state index contributed by atoms with van der Waals surface area (Å²) >= 11 is 1.57. The Balaban J connectivity index is 1.57. The van der Waals surface area contributed by atoms with Gasteiger partial charge in [-0.3, -0.25) is 9.79 Å². The minimum Gasteiger partial charge on any atom is -0.497 e. The van der Waals surface area contributed by atoms with Crippen molar-refractivity contribution in [2.45, 2.75) is 61.1 Å². The van der Waals surface area contributed by atoms with E-state index in [4.69, 9.17) is 21.2 Å². The topological polar surface area (TPSA) is 114 Å². The number of benzene rings is 1. The maximum atomic E-state index is 12.2. The molecule has 3 unspecified atom stereocenters. The zero-order valence-electron chi connectivity index (χ0n) is 17.6. The second-order valence-electron chi connectivity index (χ2n) is 9.46. The Morgan fingerprint density at radius 3 is 2.43 bits per heavy atom. The normalized spacial score (nSPS) is 34.2. The number of hydrogen-bond acceptors (Lipinski definition) is 5. The van der Waals surface area contributed by atoms with Gasteiger partial charge < -0.3 is 16.2 Å². The third kappa shape index (κ3) is 3.66. The zero-order chi connectivity index (χ0) is 21.5. The van der Waals surface area contributed by atoms with Gasteiger partial charge in [0.1, 0.15) is 11.6 Å². The Labute approximate surface area is 182 Å². The van der Waals surface area contributed by atoms with Crippen LogP contribution in [0.25, 0.3) is 0 Å². The van der Waals surface area contributed by atoms with Gasteiger partial charge in [-0.25, -0.2) is 0 Å². The first-order valence-electron chi connectivity index (χ1n) is 10.6. The summed E-state index contributed by atoms with van der Waals surface area (Å²) < 4.78 is 4.62. The summed E-state index contributed by atoms with van der Waals surface area (Å²) in [6, 6.07) is 10.2. The Morgan fingerprint density at radius 1 is 1.27 bits per heavy atom. The number of aliphatic imine (C=N–C) groups is 1. The second kappa shape index (κ2) is 7.81. The Morgan fingerprint density at radius 2 is 1.90 bits per heavy atom. The smallest absolute Gasteiger partial charge is 0.223 e. The first kappa shape index (κ1) is 21.0. The number of carbonyl (C=O) groups is 1. The fraction of sp³-hybridized carbons (Fsp3) is 0.609. The minimum atomic E-state index is -0.612. The molecule has 160 valence electrons. The molecule has 1 aromatic carbocycles. The van der Waals surface area contributed by atoms with Gasteiger partial charge in [-0.05, 0) is 81.0 Å². The third-order valence-electron chi connectivity index (χ3n) is 7.40. The van der Waals surface area contributed by atoms with Crippen molar-refractivity contribution in [2.24, 2.45) is 39.6 Å². The molecule has 0 aliphatic heterocycles. The van der Waals surface area contributed by atoms with E-state index in [0.29, 0.717) is 23.6 Å². The number of rotatable bonds is 7. The lowest BCUT2D eigenvalue weighted by Gasteiger charge is -2.57. The molecular weight excluding hydrogens is 396 g/mol. The van der Waals surface area contributed by atoms with Crippen molar-refractivity contribution >= 4 is 23.5 Å². The maximum absolute atomic E-state index is 12.2. The Hall–Kier alpha value is -2.20. The van der Waals surface area contributed by atoms with E-state index < -0.39 is 4.75 Å². The van der Waals surface area contributed by atoms with E-state index in [1.165, 1.54) is 0 Å². The number of nitriles is 1. The lowest BCUT2D eigenvalue weighted by atomic mass is 9.48. The number of hydrogen-bond donors (Lipinski definition) is 2. The number of carbonyl (C=O) groups excluding carboxylic acids is 1. The highest BCUT2D eigenvalue weighted by Crippen LogP contribution is 2.60. The van der Waals surface area contributed by atoms with Crippen molar-refractivity contribution in [3.8, 4) is 11.8 Å². The molecule has 6 nitrogen and oxygen atoms in total. The molecule has 1 amide bonds. The standard InChI is InChI=1S/C23H30N4O2S/c1-22(7-8-24,30-18-5-3-17(29-2)4-6-18)20(25)27-19-15-9-14-10-16(19)13-23(11-14,12-15)21(26)28/h3-6,14-16,19H,7,9-13H2,1-2H3,(H2,25,27)(H2,26,28). The number of ether oxygens (including phenoxy) is 1. The quantitative estimate of drug-likeness (QED) is 0.393. The van der Waals surface area contributed by atoms with Crippen LogP contribution in [0, 0.1) is 34.5 Å². The molecule has 5 rings (SSSR count). The molecule has 30 heavy (non-hydrogen) atoms. The van der Waals surface area contributed by atoms with Crippen molar-refractivity contribution < 1.29 is 9.53 Å². The second-order valence-corrected chi connectivity index (χ2v) is 11.0. The van der Waals surface area contributed by atoms with Crippen LogP contribution in [0.2, 0.25) is 0 Å². The molecule has 4 aliphatic rings. The van der Waals surface area contributed by atoms with Gasteiger partial charge in [0.25, 0.3) is 0 Å². The number of thioether (sulfide) groups is 1. The summed E-state index contributed by atoms with van der Waals surface area (Å²) in [5, 5.41) is 9.47. The molecule has 0 spiro atoms. The molecule has 0 aromatic heterocycles. The van der Waals surface area contributed by atoms with E-state index in [1.54, 1.807) is 18.9 Å². The molecule has 3 atom stereocenters. The van der Waals surface area contributed by atoms with Crippen LogP contribution < -0.4 is 16.2 Å². The highest BCUT2D eigenvalue weighted by atomic mass is 32.2. The van der Waals surface area contributed by atoms with Gasteiger partial charge in [-0.1, -0.05) is 0 Å². The zero-order valence-corrected chi connectivity index (χ0v) is 18.5. The summed E-state index contributed by atoms with van der Waals surface area (Å²) in [5.41, 5.74) is 12.1. The van der Waals surface area contributed by atoms with Gasteiger partial charge in [0.05, 0.1) is 30.4 Å². The van der Waals surface area contributed by atoms with Gasteiger partial charge in [-0.2, -0.15) is 5.26 Å². The van der Waals surface area contributed by atoms with E-state index in [-0.39, 0.29) is 23.8 Å². The number of methoxy groups -OCH3 is 1. The van der Waals surface area contributed by atoms with Gasteiger partial charge in [-0.15, -0.1) is 11.8 Å². The van der Waals surface area contributed by atoms with E-state index in [0.717, 1.165) is 42.7 Å². The predicted molar refractivity (Wildman–Crippen MR) is 118 cm³/mol. The summed E-state index contributed by atoms with van der Waals surface area (Å²) in [6.07, 6.45) is 5.09. The monoisotopic (exact) mass is 426 g/mol. The first-order chi connectivity index (χ1) is 14.3. The van der Waals surface area contributed by atoms with Gasteiger partial charge >= 0.3 is 0 Å². The summed E-state index contributed by atoms with van der Waals surface area (Å²) in [6.45, 7) is 1.99. The van der Waals surface area contributed by atoms with Crippen LogP contribution in [0.5, 0.6) is 5.75 Å². The fourth-order valence-electron chi connectivity index (χ4n) is 6.04. The third-order valence-corrected chi connectivity index (χ3v) is 8.71. The average Bonchev–Trinajstić information content (AvgIpc) is 2.70. The highest BCUT2D eigenvalue weighted by molar-refractivity contribution is 8.01. The number of amidine groups is 1. The molecule has 0 heterocycles. The lowest BCUT2D eigenvalue weighted by Crippen LogP contribution is -2.57. The molecule has 0 saturated heterocycles. The summed E-state index contributed by atoms with van der Waals surface area (Å²) in [4.78, 5) is 18.2. The van der Waals surface area contributed by atoms with E-state index >= 15 is 0 Å². The van der Waals surface area contributed by atoms with E-state index in [9.17, 15) is 10.1 Å². The van der Waals surface area contributed by atoms with Crippen molar-refractivity contribution in [1.29, 1.82) is 5.26 Å². The van der Waals surface area contributed by atoms with Crippen LogP contribution in [0.3, 0.4) is 0 Å². The van der Waals surface area contributed by atoms with Crippen LogP contribution >= 0.6 is 11.8 Å². The van der Waals surface area contributed by atoms with Crippen molar-refractivity contribution in [2.75, 3.05) is 7.11 Å². The van der Waals surface area contributed by atoms with Crippen molar-refractivity contribution in [1.82, 2.24) is 0 Å². The van der Waals surface area contributed by atoms with Crippen LogP contribution in [-0.2, 0) is 4.79 Å². The van der Waals surface area contributed by atoms with Crippen LogP contribution in [0.15, 0.2) is 34.2 Å². The van der Waals surface area contributed by atoms with Gasteiger partial charge in [0, 0.05) is 10.3 Å². The highest BCUT2D eigenvalue weighted by Gasteiger charge is 2.58. The SMILES string of the molecule is COc1ccc(SC(C)(CC#N)C(N)=NC2C3CC4CC2CC(C(N)=O)(C4)C3)cc1. The Kier molecular flexibility index (Phi) is 5.48. The number of nitrogens with zero attached hydrogens (tertiary/aromatic N) is 2. The predicted octanol–water partition coefficient (Wildman–Crippen LogP) is 3.50.